The van der Waals surface area contributed by atoms with Crippen LogP contribution in [0.15, 0.2) is 42.6 Å². The quantitative estimate of drug-likeness (QED) is 0.776. The molecule has 19 heavy (non-hydrogen) atoms. The summed E-state index contributed by atoms with van der Waals surface area (Å²) in [5.74, 6) is -0.112. The highest BCUT2D eigenvalue weighted by molar-refractivity contribution is 7.12. The molecule has 1 N–H and O–H groups in total. The highest BCUT2D eigenvalue weighted by Gasteiger charge is 2.09. The van der Waals surface area contributed by atoms with Crippen molar-refractivity contribution in [2.75, 3.05) is 5.32 Å². The molecule has 0 radical (unpaired) electrons. The van der Waals surface area contributed by atoms with E-state index in [-0.39, 0.29) is 5.91 Å². The number of nitrogens with one attached hydrogen (secondary N) is 1. The van der Waals surface area contributed by atoms with Crippen LogP contribution in [0.4, 0.5) is 5.00 Å². The Balaban J connectivity index is 2.06. The molecule has 0 unspecified atom stereocenters. The largest absolute Gasteiger partial charge is 0.315 e. The van der Waals surface area contributed by atoms with E-state index >= 15 is 0 Å². The van der Waals surface area contributed by atoms with E-state index in [1.807, 2.05) is 36.4 Å². The molecule has 3 aromatic rings. The number of carbonyl (C=O) groups excluding carboxylic acids is 1. The summed E-state index contributed by atoms with van der Waals surface area (Å²) in [7, 11) is 0. The van der Waals surface area contributed by atoms with Crippen molar-refractivity contribution >= 4 is 33.5 Å². The lowest BCUT2D eigenvalue weighted by Crippen LogP contribution is -2.04. The topological polar surface area (TPSA) is 54.9 Å². The maximum Gasteiger partial charge on any atom is 0.221 e. The van der Waals surface area contributed by atoms with Crippen LogP contribution in [-0.4, -0.2) is 15.3 Å². The average molecular weight is 269 g/mol. The van der Waals surface area contributed by atoms with Crippen LogP contribution < -0.4 is 5.32 Å². The van der Waals surface area contributed by atoms with E-state index in [2.05, 4.69) is 14.7 Å². The van der Waals surface area contributed by atoms with E-state index < -0.39 is 0 Å². The molecule has 2 heterocycles. The molecule has 0 spiro atoms. The number of nitrogens with zero attached hydrogens (tertiary/aromatic N) is 2. The van der Waals surface area contributed by atoms with E-state index in [1.165, 1.54) is 18.5 Å². The minimum absolute atomic E-state index is 0.112. The van der Waals surface area contributed by atoms with Crippen molar-refractivity contribution in [1.82, 2.24) is 9.36 Å². The Morgan fingerprint density at radius 2 is 2.00 bits per heavy atom. The summed E-state index contributed by atoms with van der Waals surface area (Å²) in [4.78, 5) is 15.5. The van der Waals surface area contributed by atoms with Crippen LogP contribution in [0.2, 0.25) is 0 Å². The normalized spacial score (nSPS) is 10.6. The predicted molar refractivity (Wildman–Crippen MR) is 77.2 cm³/mol. The molecule has 3 rings (SSSR count). The van der Waals surface area contributed by atoms with E-state index in [1.54, 1.807) is 6.20 Å². The van der Waals surface area contributed by atoms with Crippen molar-refractivity contribution < 1.29 is 4.79 Å². The van der Waals surface area contributed by atoms with E-state index in [0.717, 1.165) is 22.2 Å². The molecule has 0 atom stereocenters. The fraction of sp³-hybridized carbons (Fsp3) is 0.0714. The molecule has 1 aromatic carbocycles. The van der Waals surface area contributed by atoms with Gasteiger partial charge in [-0.15, -0.1) is 0 Å². The van der Waals surface area contributed by atoms with Gasteiger partial charge in [-0.25, -0.2) is 0 Å². The number of amides is 1. The standard InChI is InChI=1S/C14H11N3OS/c1-9(18)16-14-13-12(17-19-14)7-11(8-15-13)10-5-3-2-4-6-10/h2-8H,1H3,(H,16,18). The Hall–Kier alpha value is -2.27. The molecular weight excluding hydrogens is 258 g/mol. The zero-order valence-electron chi connectivity index (χ0n) is 10.3. The number of anilines is 1. The number of fused-ring (bicyclic) bond motifs is 1. The van der Waals surface area contributed by atoms with Gasteiger partial charge >= 0.3 is 0 Å². The summed E-state index contributed by atoms with van der Waals surface area (Å²) in [6, 6.07) is 12.0. The lowest BCUT2D eigenvalue weighted by Gasteiger charge is -2.01. The zero-order chi connectivity index (χ0) is 13.2. The van der Waals surface area contributed by atoms with Crippen molar-refractivity contribution in [3.8, 4) is 11.1 Å². The first kappa shape index (κ1) is 11.8. The summed E-state index contributed by atoms with van der Waals surface area (Å²) < 4.78 is 4.32. The fourth-order valence-corrected chi connectivity index (χ4v) is 2.63. The minimum Gasteiger partial charge on any atom is -0.315 e. The molecule has 94 valence electrons. The summed E-state index contributed by atoms with van der Waals surface area (Å²) >= 11 is 1.25. The number of rotatable bonds is 2. The number of pyridine rings is 1. The molecule has 0 aliphatic carbocycles. The SMILES string of the molecule is CC(=O)Nc1snc2cc(-c3ccccc3)cnc12. The third kappa shape index (κ3) is 2.32. The predicted octanol–water partition coefficient (Wildman–Crippen LogP) is 3.32. The van der Waals surface area contributed by atoms with Crippen molar-refractivity contribution in [3.63, 3.8) is 0 Å². The molecule has 0 saturated carbocycles. The summed E-state index contributed by atoms with van der Waals surface area (Å²) in [5, 5.41) is 3.44. The molecule has 2 aromatic heterocycles. The number of carbonyl (C=O) groups is 1. The summed E-state index contributed by atoms with van der Waals surface area (Å²) in [6.07, 6.45) is 1.80. The molecule has 0 aliphatic heterocycles. The lowest BCUT2D eigenvalue weighted by molar-refractivity contribution is -0.114. The van der Waals surface area contributed by atoms with Gasteiger partial charge in [-0.3, -0.25) is 9.78 Å². The lowest BCUT2D eigenvalue weighted by atomic mass is 10.1. The van der Waals surface area contributed by atoms with E-state index in [4.69, 9.17) is 0 Å². The Morgan fingerprint density at radius 1 is 1.21 bits per heavy atom. The van der Waals surface area contributed by atoms with Crippen molar-refractivity contribution in [3.05, 3.63) is 42.6 Å². The highest BCUT2D eigenvalue weighted by Crippen LogP contribution is 2.29. The molecule has 0 bridgehead atoms. The van der Waals surface area contributed by atoms with Gasteiger partial charge in [-0.1, -0.05) is 30.3 Å². The van der Waals surface area contributed by atoms with Crippen LogP contribution in [0.1, 0.15) is 6.92 Å². The van der Waals surface area contributed by atoms with Crippen LogP contribution >= 0.6 is 11.5 Å². The third-order valence-electron chi connectivity index (χ3n) is 2.71. The summed E-state index contributed by atoms with van der Waals surface area (Å²) in [6.45, 7) is 1.48. The second-order valence-corrected chi connectivity index (χ2v) is 4.92. The zero-order valence-corrected chi connectivity index (χ0v) is 11.1. The first-order valence-electron chi connectivity index (χ1n) is 5.82. The molecule has 0 saturated heterocycles. The first-order valence-corrected chi connectivity index (χ1v) is 6.60. The second kappa shape index (κ2) is 4.78. The Morgan fingerprint density at radius 3 is 2.74 bits per heavy atom. The molecule has 1 amide bonds. The smallest absolute Gasteiger partial charge is 0.221 e. The molecule has 5 heteroatoms. The number of hydrogen-bond acceptors (Lipinski definition) is 4. The minimum atomic E-state index is -0.112. The Kier molecular flexibility index (Phi) is 2.97. The fourth-order valence-electron chi connectivity index (χ4n) is 1.87. The van der Waals surface area contributed by atoms with Gasteiger partial charge < -0.3 is 5.32 Å². The monoisotopic (exact) mass is 269 g/mol. The van der Waals surface area contributed by atoms with Crippen LogP contribution in [0.3, 0.4) is 0 Å². The van der Waals surface area contributed by atoms with Crippen LogP contribution in [-0.2, 0) is 4.79 Å². The van der Waals surface area contributed by atoms with E-state index in [0.29, 0.717) is 5.00 Å². The third-order valence-corrected chi connectivity index (χ3v) is 3.48. The van der Waals surface area contributed by atoms with Crippen LogP contribution in [0.5, 0.6) is 0 Å². The van der Waals surface area contributed by atoms with Gasteiger partial charge in [0.05, 0.1) is 0 Å². The Labute approximate surface area is 114 Å². The number of hydrogen-bond donors (Lipinski definition) is 1. The highest BCUT2D eigenvalue weighted by atomic mass is 32.1. The maximum atomic E-state index is 11.1. The van der Waals surface area contributed by atoms with Gasteiger partial charge in [0.2, 0.25) is 5.91 Å². The van der Waals surface area contributed by atoms with Crippen LogP contribution in [0.25, 0.3) is 22.2 Å². The number of aromatic nitrogens is 2. The first-order chi connectivity index (χ1) is 9.24. The van der Waals surface area contributed by atoms with Gasteiger partial charge in [-0.05, 0) is 23.2 Å². The van der Waals surface area contributed by atoms with Crippen molar-refractivity contribution in [2.45, 2.75) is 6.92 Å². The van der Waals surface area contributed by atoms with Crippen LogP contribution in [0, 0.1) is 0 Å². The summed E-state index contributed by atoms with van der Waals surface area (Å²) in [5.41, 5.74) is 3.66. The van der Waals surface area contributed by atoms with Gasteiger partial charge in [0.25, 0.3) is 0 Å². The number of benzene rings is 1. The molecule has 4 nitrogen and oxygen atoms in total. The Bertz CT molecular complexity index is 737. The average Bonchev–Trinajstić information content (AvgIpc) is 2.81. The van der Waals surface area contributed by atoms with Crippen molar-refractivity contribution in [1.29, 1.82) is 0 Å². The van der Waals surface area contributed by atoms with Crippen molar-refractivity contribution in [2.24, 2.45) is 0 Å². The van der Waals surface area contributed by atoms with Gasteiger partial charge in [0.1, 0.15) is 16.0 Å². The second-order valence-electron chi connectivity index (χ2n) is 4.15. The molecular formula is C14H11N3OS. The molecule has 0 aliphatic rings. The van der Waals surface area contributed by atoms with Gasteiger partial charge in [0.15, 0.2) is 0 Å². The maximum absolute atomic E-state index is 11.1. The van der Waals surface area contributed by atoms with E-state index in [9.17, 15) is 4.79 Å². The molecule has 0 fully saturated rings. The van der Waals surface area contributed by atoms with Gasteiger partial charge in [-0.2, -0.15) is 4.37 Å². The van der Waals surface area contributed by atoms with Gasteiger partial charge in [0, 0.05) is 18.7 Å².